The highest BCUT2D eigenvalue weighted by Crippen LogP contribution is 2.20. The Morgan fingerprint density at radius 1 is 1.07 bits per heavy atom. The summed E-state index contributed by atoms with van der Waals surface area (Å²) in [7, 11) is -3.53. The first kappa shape index (κ1) is 20.6. The number of hydrogen-bond acceptors (Lipinski definition) is 3. The summed E-state index contributed by atoms with van der Waals surface area (Å²) < 4.78 is 27.7. The zero-order valence-corrected chi connectivity index (χ0v) is 17.6. The van der Waals surface area contributed by atoms with Gasteiger partial charge < -0.3 is 4.90 Å². The van der Waals surface area contributed by atoms with Crippen molar-refractivity contribution in [3.05, 3.63) is 64.7 Å². The van der Waals surface area contributed by atoms with Crippen molar-refractivity contribution in [2.45, 2.75) is 38.5 Å². The van der Waals surface area contributed by atoms with Crippen LogP contribution in [0.15, 0.2) is 47.4 Å². The number of sulfonamides is 1. The molecule has 1 N–H and O–H groups in total. The average Bonchev–Trinajstić information content (AvgIpc) is 2.68. The minimum atomic E-state index is -3.53. The van der Waals surface area contributed by atoms with E-state index in [1.807, 2.05) is 43.9 Å². The number of benzene rings is 2. The molecule has 0 aliphatic carbocycles. The third-order valence-electron chi connectivity index (χ3n) is 5.45. The van der Waals surface area contributed by atoms with Crippen molar-refractivity contribution in [1.82, 2.24) is 9.62 Å². The number of rotatable bonds is 5. The molecule has 1 saturated heterocycles. The summed E-state index contributed by atoms with van der Waals surface area (Å²) in [5, 5.41) is 0. The molecule has 5 nitrogen and oxygen atoms in total. The highest BCUT2D eigenvalue weighted by Gasteiger charge is 2.26. The summed E-state index contributed by atoms with van der Waals surface area (Å²) in [6, 6.07) is 12.6. The van der Waals surface area contributed by atoms with Crippen LogP contribution < -0.4 is 4.72 Å². The fourth-order valence-corrected chi connectivity index (χ4v) is 4.62. The van der Waals surface area contributed by atoms with Gasteiger partial charge in [-0.05, 0) is 74.9 Å². The average molecular weight is 401 g/mol. The van der Waals surface area contributed by atoms with E-state index in [0.29, 0.717) is 25.2 Å². The summed E-state index contributed by atoms with van der Waals surface area (Å²) in [4.78, 5) is 15.0. The van der Waals surface area contributed by atoms with Crippen molar-refractivity contribution in [3.8, 4) is 0 Å². The van der Waals surface area contributed by atoms with Gasteiger partial charge in [0.1, 0.15) is 0 Å². The molecule has 3 rings (SSSR count). The Morgan fingerprint density at radius 3 is 2.46 bits per heavy atom. The molecule has 150 valence electrons. The molecular formula is C22H28N2O3S. The highest BCUT2D eigenvalue weighted by molar-refractivity contribution is 7.89. The van der Waals surface area contributed by atoms with Crippen molar-refractivity contribution in [1.29, 1.82) is 0 Å². The van der Waals surface area contributed by atoms with Crippen LogP contribution in [0, 0.1) is 26.7 Å². The molecule has 1 fully saturated rings. The molecule has 2 aromatic carbocycles. The van der Waals surface area contributed by atoms with Crippen LogP contribution >= 0.6 is 0 Å². The Kier molecular flexibility index (Phi) is 6.20. The second-order valence-corrected chi connectivity index (χ2v) is 9.49. The van der Waals surface area contributed by atoms with Crippen LogP contribution in [0.25, 0.3) is 0 Å². The molecule has 1 aliphatic rings. The first-order valence-electron chi connectivity index (χ1n) is 9.69. The number of piperidine rings is 1. The number of hydrogen-bond donors (Lipinski definition) is 1. The Balaban J connectivity index is 1.62. The van der Waals surface area contributed by atoms with Crippen LogP contribution in [0.1, 0.15) is 39.9 Å². The van der Waals surface area contributed by atoms with Gasteiger partial charge in [0.15, 0.2) is 0 Å². The van der Waals surface area contributed by atoms with Gasteiger partial charge in [-0.2, -0.15) is 0 Å². The minimum absolute atomic E-state index is 0.0224. The lowest BCUT2D eigenvalue weighted by molar-refractivity contribution is 0.0676. The van der Waals surface area contributed by atoms with E-state index in [0.717, 1.165) is 24.0 Å². The first-order valence-corrected chi connectivity index (χ1v) is 11.2. The number of aryl methyl sites for hydroxylation is 3. The summed E-state index contributed by atoms with van der Waals surface area (Å²) in [6.07, 6.45) is 1.79. The summed E-state index contributed by atoms with van der Waals surface area (Å²) in [6.45, 7) is 7.58. The van der Waals surface area contributed by atoms with E-state index in [-0.39, 0.29) is 16.7 Å². The maximum Gasteiger partial charge on any atom is 0.253 e. The van der Waals surface area contributed by atoms with Gasteiger partial charge in [-0.15, -0.1) is 0 Å². The predicted molar refractivity (Wildman–Crippen MR) is 111 cm³/mol. The van der Waals surface area contributed by atoms with Crippen LogP contribution in [0.2, 0.25) is 0 Å². The third kappa shape index (κ3) is 4.80. The molecule has 0 spiro atoms. The van der Waals surface area contributed by atoms with E-state index in [1.165, 1.54) is 5.56 Å². The molecule has 1 aliphatic heterocycles. The fraction of sp³-hybridized carbons (Fsp3) is 0.409. The van der Waals surface area contributed by atoms with Gasteiger partial charge in [0, 0.05) is 25.2 Å². The number of nitrogens with one attached hydrogen (secondary N) is 1. The molecule has 1 unspecified atom stereocenters. The van der Waals surface area contributed by atoms with E-state index in [2.05, 4.69) is 4.72 Å². The molecule has 1 amide bonds. The summed E-state index contributed by atoms with van der Waals surface area (Å²) in [5.74, 6) is 0.138. The third-order valence-corrected chi connectivity index (χ3v) is 6.89. The zero-order chi connectivity index (χ0) is 20.3. The number of carbonyl (C=O) groups excluding carboxylic acids is 1. The van der Waals surface area contributed by atoms with Crippen molar-refractivity contribution >= 4 is 15.9 Å². The van der Waals surface area contributed by atoms with Crippen molar-refractivity contribution < 1.29 is 13.2 Å². The maximum absolute atomic E-state index is 12.9. The Hall–Kier alpha value is -2.18. The number of amides is 1. The molecule has 0 aromatic heterocycles. The molecule has 1 atom stereocenters. The van der Waals surface area contributed by atoms with Crippen LogP contribution in [0.5, 0.6) is 0 Å². The van der Waals surface area contributed by atoms with Gasteiger partial charge in [-0.25, -0.2) is 13.1 Å². The maximum atomic E-state index is 12.9. The predicted octanol–water partition coefficient (Wildman–Crippen LogP) is 3.44. The van der Waals surface area contributed by atoms with Crippen LogP contribution in [-0.2, 0) is 10.0 Å². The van der Waals surface area contributed by atoms with Gasteiger partial charge in [0.25, 0.3) is 5.91 Å². The van der Waals surface area contributed by atoms with Crippen LogP contribution in [0.3, 0.4) is 0 Å². The molecular weight excluding hydrogens is 372 g/mol. The Morgan fingerprint density at radius 2 is 1.79 bits per heavy atom. The van der Waals surface area contributed by atoms with E-state index in [9.17, 15) is 13.2 Å². The van der Waals surface area contributed by atoms with Crippen LogP contribution in [0.4, 0.5) is 0 Å². The number of likely N-dealkylation sites (tertiary alicyclic amines) is 1. The van der Waals surface area contributed by atoms with Gasteiger partial charge >= 0.3 is 0 Å². The molecule has 1 heterocycles. The first-order chi connectivity index (χ1) is 13.3. The monoisotopic (exact) mass is 400 g/mol. The van der Waals surface area contributed by atoms with Gasteiger partial charge in [-0.3, -0.25) is 4.79 Å². The highest BCUT2D eigenvalue weighted by atomic mass is 32.2. The topological polar surface area (TPSA) is 66.5 Å². The fourth-order valence-electron chi connectivity index (χ4n) is 3.50. The number of carbonyl (C=O) groups is 1. The van der Waals surface area contributed by atoms with E-state index >= 15 is 0 Å². The minimum Gasteiger partial charge on any atom is -0.338 e. The van der Waals surface area contributed by atoms with Gasteiger partial charge in [0.2, 0.25) is 10.0 Å². The smallest absolute Gasteiger partial charge is 0.253 e. The Bertz CT molecular complexity index is 952. The Labute approximate surface area is 167 Å². The molecule has 6 heteroatoms. The molecule has 2 aromatic rings. The molecule has 0 saturated carbocycles. The molecule has 28 heavy (non-hydrogen) atoms. The normalized spacial score (nSPS) is 17.5. The largest absolute Gasteiger partial charge is 0.338 e. The van der Waals surface area contributed by atoms with Gasteiger partial charge in [-0.1, -0.05) is 23.8 Å². The lowest BCUT2D eigenvalue weighted by atomic mass is 9.97. The van der Waals surface area contributed by atoms with E-state index in [1.54, 1.807) is 24.3 Å². The van der Waals surface area contributed by atoms with Gasteiger partial charge in [0.05, 0.1) is 4.90 Å². The van der Waals surface area contributed by atoms with E-state index in [4.69, 9.17) is 0 Å². The quantitative estimate of drug-likeness (QED) is 0.836. The van der Waals surface area contributed by atoms with Crippen molar-refractivity contribution in [2.75, 3.05) is 19.6 Å². The van der Waals surface area contributed by atoms with E-state index < -0.39 is 10.0 Å². The summed E-state index contributed by atoms with van der Waals surface area (Å²) in [5.41, 5.74) is 3.99. The number of nitrogens with zero attached hydrogens (tertiary/aromatic N) is 1. The summed E-state index contributed by atoms with van der Waals surface area (Å²) >= 11 is 0. The van der Waals surface area contributed by atoms with Crippen molar-refractivity contribution in [2.24, 2.45) is 5.92 Å². The SMILES string of the molecule is Cc1ccc(S(=O)(=O)NCC2CCCN(C(=O)c3ccc(C)c(C)c3)C2)cc1. The standard InChI is InChI=1S/C22H28N2O3S/c1-16-6-10-21(11-7-16)28(26,27)23-14-19-5-4-12-24(15-19)22(25)20-9-8-17(2)18(3)13-20/h6-11,13,19,23H,4-5,12,14-15H2,1-3H3. The van der Waals surface area contributed by atoms with Crippen molar-refractivity contribution in [3.63, 3.8) is 0 Å². The molecule has 0 bridgehead atoms. The lowest BCUT2D eigenvalue weighted by Crippen LogP contribution is -2.43. The zero-order valence-electron chi connectivity index (χ0n) is 16.7. The van der Waals surface area contributed by atoms with Crippen LogP contribution in [-0.4, -0.2) is 38.9 Å². The lowest BCUT2D eigenvalue weighted by Gasteiger charge is -2.33. The second kappa shape index (κ2) is 8.45. The second-order valence-electron chi connectivity index (χ2n) is 7.72. The molecule has 0 radical (unpaired) electrons.